The van der Waals surface area contributed by atoms with Crippen molar-refractivity contribution in [3.8, 4) is 5.75 Å². The van der Waals surface area contributed by atoms with Gasteiger partial charge in [-0.05, 0) is 49.2 Å². The Morgan fingerprint density at radius 2 is 1.48 bits per heavy atom. The summed E-state index contributed by atoms with van der Waals surface area (Å²) in [6, 6.07) is 8.75. The first-order valence-corrected chi connectivity index (χ1v) is 12.1. The van der Waals surface area contributed by atoms with Crippen molar-refractivity contribution in [1.29, 1.82) is 0 Å². The second-order valence-electron chi connectivity index (χ2n) is 6.74. The number of anilines is 1. The van der Waals surface area contributed by atoms with Gasteiger partial charge >= 0.3 is 0 Å². The van der Waals surface area contributed by atoms with E-state index in [9.17, 15) is 21.2 Å². The molecule has 7 nitrogen and oxygen atoms in total. The summed E-state index contributed by atoms with van der Waals surface area (Å²) in [7, 11) is -6.36. The summed E-state index contributed by atoms with van der Waals surface area (Å²) < 4.78 is 72.8. The molecule has 1 aliphatic rings. The van der Waals surface area contributed by atoms with Gasteiger partial charge in [-0.1, -0.05) is 12.8 Å². The van der Waals surface area contributed by atoms with Gasteiger partial charge < -0.3 is 4.74 Å². The number of benzene rings is 2. The van der Waals surface area contributed by atoms with Crippen LogP contribution in [0.2, 0.25) is 0 Å². The van der Waals surface area contributed by atoms with Crippen molar-refractivity contribution in [1.82, 2.24) is 4.31 Å². The standard InChI is InChI=1S/C19H23FN2O5S2/c1-27-19-14-17(10-11-18(19)20)28(23,24)21-15-6-8-16(9-7-15)29(25,26)22-12-4-2-3-5-13-22/h6-11,14,21H,2-5,12-13H2,1H3. The summed E-state index contributed by atoms with van der Waals surface area (Å²) in [6.07, 6.45) is 3.69. The van der Waals surface area contributed by atoms with Crippen molar-refractivity contribution in [3.63, 3.8) is 0 Å². The number of methoxy groups -OCH3 is 1. The second kappa shape index (κ2) is 8.68. The number of rotatable bonds is 6. The first-order chi connectivity index (χ1) is 13.7. The molecule has 0 bridgehead atoms. The van der Waals surface area contributed by atoms with Crippen LogP contribution in [0, 0.1) is 5.82 Å². The van der Waals surface area contributed by atoms with Gasteiger partial charge in [0.2, 0.25) is 10.0 Å². The highest BCUT2D eigenvalue weighted by Gasteiger charge is 2.25. The van der Waals surface area contributed by atoms with Crippen LogP contribution < -0.4 is 9.46 Å². The number of nitrogens with zero attached hydrogens (tertiary/aromatic N) is 1. The van der Waals surface area contributed by atoms with E-state index in [1.165, 1.54) is 35.7 Å². The molecule has 0 spiro atoms. The minimum atomic E-state index is -3.99. The minimum absolute atomic E-state index is 0.116. The fourth-order valence-corrected chi connectivity index (χ4v) is 5.74. The van der Waals surface area contributed by atoms with Crippen LogP contribution in [-0.4, -0.2) is 41.3 Å². The van der Waals surface area contributed by atoms with Crippen molar-refractivity contribution < 1.29 is 26.0 Å². The molecule has 0 saturated carbocycles. The van der Waals surface area contributed by atoms with Gasteiger partial charge in [0.25, 0.3) is 10.0 Å². The SMILES string of the molecule is COc1cc(S(=O)(=O)Nc2ccc(S(=O)(=O)N3CCCCCC3)cc2)ccc1F. The van der Waals surface area contributed by atoms with E-state index in [1.807, 2.05) is 0 Å². The van der Waals surface area contributed by atoms with E-state index in [0.717, 1.165) is 43.9 Å². The molecular formula is C19H23FN2O5S2. The van der Waals surface area contributed by atoms with E-state index < -0.39 is 25.9 Å². The number of halogens is 1. The van der Waals surface area contributed by atoms with E-state index in [2.05, 4.69) is 4.72 Å². The fourth-order valence-electron chi connectivity index (χ4n) is 3.15. The summed E-state index contributed by atoms with van der Waals surface area (Å²) in [5, 5.41) is 0. The molecule has 1 heterocycles. The summed E-state index contributed by atoms with van der Waals surface area (Å²) >= 11 is 0. The third-order valence-corrected chi connectivity index (χ3v) is 8.03. The van der Waals surface area contributed by atoms with Gasteiger partial charge in [-0.25, -0.2) is 21.2 Å². The third-order valence-electron chi connectivity index (χ3n) is 4.74. The van der Waals surface area contributed by atoms with Crippen molar-refractivity contribution in [3.05, 3.63) is 48.3 Å². The lowest BCUT2D eigenvalue weighted by Crippen LogP contribution is -2.31. The Balaban J connectivity index is 1.79. The number of sulfonamides is 2. The zero-order valence-electron chi connectivity index (χ0n) is 16.0. The Kier molecular flexibility index (Phi) is 6.45. The van der Waals surface area contributed by atoms with Crippen LogP contribution >= 0.6 is 0 Å². The van der Waals surface area contributed by atoms with Crippen LogP contribution in [-0.2, 0) is 20.0 Å². The Morgan fingerprint density at radius 1 is 0.897 bits per heavy atom. The van der Waals surface area contributed by atoms with E-state index in [-0.39, 0.29) is 21.2 Å². The predicted molar refractivity (Wildman–Crippen MR) is 107 cm³/mol. The Labute approximate surface area is 170 Å². The quantitative estimate of drug-likeness (QED) is 0.742. The topological polar surface area (TPSA) is 92.8 Å². The van der Waals surface area contributed by atoms with Gasteiger partial charge in [0.1, 0.15) is 0 Å². The van der Waals surface area contributed by atoms with Crippen LogP contribution in [0.3, 0.4) is 0 Å². The van der Waals surface area contributed by atoms with Gasteiger partial charge in [-0.3, -0.25) is 4.72 Å². The van der Waals surface area contributed by atoms with Crippen LogP contribution in [0.4, 0.5) is 10.1 Å². The van der Waals surface area contributed by atoms with Crippen molar-refractivity contribution >= 4 is 25.7 Å². The molecule has 3 rings (SSSR count). The summed E-state index contributed by atoms with van der Waals surface area (Å²) in [5.74, 6) is -0.860. The lowest BCUT2D eigenvalue weighted by Gasteiger charge is -2.20. The molecule has 0 aromatic heterocycles. The Bertz CT molecular complexity index is 1060. The molecular weight excluding hydrogens is 419 g/mol. The highest BCUT2D eigenvalue weighted by molar-refractivity contribution is 7.92. The summed E-state index contributed by atoms with van der Waals surface area (Å²) in [4.78, 5) is -0.0529. The predicted octanol–water partition coefficient (Wildman–Crippen LogP) is 3.20. The lowest BCUT2D eigenvalue weighted by molar-refractivity contribution is 0.385. The molecule has 0 atom stereocenters. The average molecular weight is 443 g/mol. The Hall–Kier alpha value is -2.17. The number of nitrogens with one attached hydrogen (secondary N) is 1. The lowest BCUT2D eigenvalue weighted by atomic mass is 10.2. The molecule has 0 radical (unpaired) electrons. The molecule has 1 saturated heterocycles. The number of ether oxygens (including phenoxy) is 1. The maximum atomic E-state index is 13.5. The maximum absolute atomic E-state index is 13.5. The fraction of sp³-hybridized carbons (Fsp3) is 0.368. The van der Waals surface area contributed by atoms with Gasteiger partial charge in [-0.2, -0.15) is 4.31 Å². The first kappa shape index (κ1) is 21.5. The van der Waals surface area contributed by atoms with Crippen molar-refractivity contribution in [2.24, 2.45) is 0 Å². The molecule has 0 amide bonds. The molecule has 2 aromatic rings. The largest absolute Gasteiger partial charge is 0.494 e. The van der Waals surface area contributed by atoms with Crippen molar-refractivity contribution in [2.45, 2.75) is 35.5 Å². The average Bonchev–Trinajstić information content (AvgIpc) is 2.98. The normalized spacial score (nSPS) is 16.2. The molecule has 2 aromatic carbocycles. The van der Waals surface area contributed by atoms with Gasteiger partial charge in [0, 0.05) is 24.8 Å². The van der Waals surface area contributed by atoms with Crippen LogP contribution in [0.15, 0.2) is 52.3 Å². The number of hydrogen-bond acceptors (Lipinski definition) is 5. The van der Waals surface area contributed by atoms with Gasteiger partial charge in [0.15, 0.2) is 11.6 Å². The molecule has 0 unspecified atom stereocenters. The first-order valence-electron chi connectivity index (χ1n) is 9.20. The molecule has 1 N–H and O–H groups in total. The molecule has 10 heteroatoms. The molecule has 29 heavy (non-hydrogen) atoms. The third kappa shape index (κ3) is 4.88. The van der Waals surface area contributed by atoms with E-state index in [1.54, 1.807) is 0 Å². The van der Waals surface area contributed by atoms with Crippen LogP contribution in [0.1, 0.15) is 25.7 Å². The summed E-state index contributed by atoms with van der Waals surface area (Å²) in [5.41, 5.74) is 0.197. The zero-order chi connectivity index (χ0) is 21.1. The minimum Gasteiger partial charge on any atom is -0.494 e. The molecule has 1 aliphatic heterocycles. The smallest absolute Gasteiger partial charge is 0.262 e. The molecule has 1 fully saturated rings. The zero-order valence-corrected chi connectivity index (χ0v) is 17.6. The van der Waals surface area contributed by atoms with Gasteiger partial charge in [-0.15, -0.1) is 0 Å². The monoisotopic (exact) mass is 442 g/mol. The highest BCUT2D eigenvalue weighted by atomic mass is 32.2. The van der Waals surface area contributed by atoms with Crippen LogP contribution in [0.5, 0.6) is 5.75 Å². The highest BCUT2D eigenvalue weighted by Crippen LogP contribution is 2.25. The summed E-state index contributed by atoms with van der Waals surface area (Å²) in [6.45, 7) is 0.978. The van der Waals surface area contributed by atoms with E-state index in [0.29, 0.717) is 13.1 Å². The number of hydrogen-bond donors (Lipinski definition) is 1. The second-order valence-corrected chi connectivity index (χ2v) is 10.4. The van der Waals surface area contributed by atoms with E-state index >= 15 is 0 Å². The van der Waals surface area contributed by atoms with Crippen molar-refractivity contribution in [2.75, 3.05) is 24.9 Å². The van der Waals surface area contributed by atoms with E-state index in [4.69, 9.17) is 4.74 Å². The molecule has 158 valence electrons. The van der Waals surface area contributed by atoms with Gasteiger partial charge in [0.05, 0.1) is 16.9 Å². The maximum Gasteiger partial charge on any atom is 0.262 e. The Morgan fingerprint density at radius 3 is 2.07 bits per heavy atom. The van der Waals surface area contributed by atoms with Crippen LogP contribution in [0.25, 0.3) is 0 Å². The molecule has 0 aliphatic carbocycles.